The Hall–Kier alpha value is -0.625. The zero-order valence-electron chi connectivity index (χ0n) is 7.71. The van der Waals surface area contributed by atoms with Crippen LogP contribution in [-0.2, 0) is 4.79 Å². The lowest BCUT2D eigenvalue weighted by Crippen LogP contribution is -2.31. The summed E-state index contributed by atoms with van der Waals surface area (Å²) in [6, 6.07) is -0.690. The van der Waals surface area contributed by atoms with Crippen LogP contribution < -0.4 is 5.73 Å². The third kappa shape index (κ3) is 18.4. The van der Waals surface area contributed by atoms with Gasteiger partial charge in [-0.15, -0.1) is 0 Å². The van der Waals surface area contributed by atoms with Crippen molar-refractivity contribution >= 4 is 13.3 Å². The molecule has 6 nitrogen and oxygen atoms in total. The highest BCUT2D eigenvalue weighted by atomic mass is 16.5. The highest BCUT2D eigenvalue weighted by molar-refractivity contribution is 6.30. The maximum Gasteiger partial charge on any atom is 0.631 e. The quantitative estimate of drug-likeness (QED) is 0.343. The molecule has 1 unspecified atom stereocenters. The van der Waals surface area contributed by atoms with Gasteiger partial charge in [-0.05, 0) is 12.3 Å². The molecule has 0 aromatic heterocycles. The lowest BCUT2D eigenvalue weighted by Gasteiger charge is -2.07. The second-order valence-electron chi connectivity index (χ2n) is 2.92. The maximum absolute atomic E-state index is 10.1. The molecule has 0 rings (SSSR count). The van der Waals surface area contributed by atoms with Gasteiger partial charge in [-0.3, -0.25) is 4.79 Å². The number of carboxylic acid groups (broad SMARTS) is 1. The van der Waals surface area contributed by atoms with E-state index >= 15 is 0 Å². The van der Waals surface area contributed by atoms with Gasteiger partial charge < -0.3 is 25.9 Å². The molecule has 0 aromatic carbocycles. The Balaban J connectivity index is 0. The summed E-state index contributed by atoms with van der Waals surface area (Å²) in [6.45, 7) is 3.89. The summed E-state index contributed by atoms with van der Waals surface area (Å²) in [6.07, 6.45) is 0.551. The highest BCUT2D eigenvalue weighted by Gasteiger charge is 2.11. The van der Waals surface area contributed by atoms with Crippen LogP contribution in [-0.4, -0.2) is 39.5 Å². The Morgan fingerprint density at radius 3 is 1.77 bits per heavy atom. The molecule has 0 aromatic rings. The Labute approximate surface area is 77.2 Å². The second-order valence-corrected chi connectivity index (χ2v) is 2.92. The summed E-state index contributed by atoms with van der Waals surface area (Å²) in [7, 11) is -2.17. The molecule has 0 aliphatic rings. The van der Waals surface area contributed by atoms with Gasteiger partial charge in [0.2, 0.25) is 0 Å². The average Bonchev–Trinajstić information content (AvgIpc) is 1.83. The van der Waals surface area contributed by atoms with E-state index < -0.39 is 19.3 Å². The van der Waals surface area contributed by atoms with Crippen LogP contribution in [0.15, 0.2) is 0 Å². The molecule has 0 spiro atoms. The Morgan fingerprint density at radius 1 is 1.38 bits per heavy atom. The summed E-state index contributed by atoms with van der Waals surface area (Å²) >= 11 is 0. The van der Waals surface area contributed by atoms with Crippen molar-refractivity contribution in [3.8, 4) is 0 Å². The molecule has 0 aliphatic carbocycles. The standard InChI is InChI=1S/C6H13NO2.BH3O3/c1-4(2)3-5(7)6(8)9;2-1(3)4/h4-5H,3,7H2,1-2H3,(H,8,9);2-4H. The van der Waals surface area contributed by atoms with E-state index in [4.69, 9.17) is 25.9 Å². The fourth-order valence-electron chi connectivity index (χ4n) is 0.609. The van der Waals surface area contributed by atoms with Crippen LogP contribution >= 0.6 is 0 Å². The predicted molar refractivity (Wildman–Crippen MR) is 47.5 cm³/mol. The Kier molecular flexibility index (Phi) is 9.15. The molecular weight excluding hydrogens is 177 g/mol. The Morgan fingerprint density at radius 2 is 1.69 bits per heavy atom. The molecule has 6 N–H and O–H groups in total. The first-order chi connectivity index (χ1) is 5.77. The van der Waals surface area contributed by atoms with Gasteiger partial charge >= 0.3 is 13.3 Å². The first-order valence-corrected chi connectivity index (χ1v) is 3.80. The van der Waals surface area contributed by atoms with Crippen molar-refractivity contribution < 1.29 is 25.0 Å². The number of hydrogen-bond acceptors (Lipinski definition) is 5. The monoisotopic (exact) mass is 193 g/mol. The number of nitrogens with two attached hydrogens (primary N) is 1. The topological polar surface area (TPSA) is 124 Å². The molecule has 1 atom stereocenters. The normalized spacial score (nSPS) is 11.6. The van der Waals surface area contributed by atoms with Gasteiger partial charge in [-0.25, -0.2) is 0 Å². The number of carbonyl (C=O) groups is 1. The van der Waals surface area contributed by atoms with Crippen molar-refractivity contribution in [2.75, 3.05) is 0 Å². The number of hydrogen-bond donors (Lipinski definition) is 5. The molecule has 0 fully saturated rings. The minimum absolute atomic E-state index is 0.357. The summed E-state index contributed by atoms with van der Waals surface area (Å²) in [5, 5.41) is 29.8. The van der Waals surface area contributed by atoms with Crippen LogP contribution in [0.1, 0.15) is 20.3 Å². The van der Waals surface area contributed by atoms with Gasteiger partial charge in [0.25, 0.3) is 0 Å². The first-order valence-electron chi connectivity index (χ1n) is 3.80. The SMILES string of the molecule is CC(C)CC(N)C(=O)O.OB(O)O. The van der Waals surface area contributed by atoms with E-state index in [1.165, 1.54) is 0 Å². The molecular formula is C6H16BNO5. The van der Waals surface area contributed by atoms with Crippen molar-refractivity contribution in [2.24, 2.45) is 11.7 Å². The number of carboxylic acids is 1. The molecule has 78 valence electrons. The largest absolute Gasteiger partial charge is 0.631 e. The first kappa shape index (κ1) is 14.9. The fourth-order valence-corrected chi connectivity index (χ4v) is 0.609. The lowest BCUT2D eigenvalue weighted by molar-refractivity contribution is -0.138. The zero-order chi connectivity index (χ0) is 11.0. The average molecular weight is 193 g/mol. The van der Waals surface area contributed by atoms with Crippen molar-refractivity contribution in [1.82, 2.24) is 0 Å². The summed E-state index contributed by atoms with van der Waals surface area (Å²) in [5.74, 6) is -0.556. The van der Waals surface area contributed by atoms with Crippen LogP contribution in [0.2, 0.25) is 0 Å². The van der Waals surface area contributed by atoms with Crippen molar-refractivity contribution in [3.63, 3.8) is 0 Å². The minimum Gasteiger partial charge on any atom is -0.480 e. The molecule has 0 bridgehead atoms. The van der Waals surface area contributed by atoms with Gasteiger partial charge in [-0.2, -0.15) is 0 Å². The number of aliphatic carboxylic acids is 1. The van der Waals surface area contributed by atoms with Gasteiger partial charge in [0.15, 0.2) is 0 Å². The van der Waals surface area contributed by atoms with Crippen molar-refractivity contribution in [2.45, 2.75) is 26.3 Å². The molecule has 0 heterocycles. The predicted octanol–water partition coefficient (Wildman–Crippen LogP) is -1.61. The molecule has 0 saturated carbocycles. The van der Waals surface area contributed by atoms with E-state index in [9.17, 15) is 4.79 Å². The third-order valence-corrected chi connectivity index (χ3v) is 1.04. The van der Waals surface area contributed by atoms with E-state index in [0.717, 1.165) is 0 Å². The zero-order valence-corrected chi connectivity index (χ0v) is 7.71. The third-order valence-electron chi connectivity index (χ3n) is 1.04. The second kappa shape index (κ2) is 8.00. The van der Waals surface area contributed by atoms with Gasteiger partial charge in [0, 0.05) is 0 Å². The molecule has 0 aliphatic heterocycles. The van der Waals surface area contributed by atoms with Crippen molar-refractivity contribution in [3.05, 3.63) is 0 Å². The van der Waals surface area contributed by atoms with Gasteiger partial charge in [-0.1, -0.05) is 13.8 Å². The smallest absolute Gasteiger partial charge is 0.480 e. The van der Waals surface area contributed by atoms with E-state index in [0.29, 0.717) is 12.3 Å². The lowest BCUT2D eigenvalue weighted by atomic mass is 10.1. The van der Waals surface area contributed by atoms with Crippen molar-refractivity contribution in [1.29, 1.82) is 0 Å². The highest BCUT2D eigenvalue weighted by Crippen LogP contribution is 2.01. The van der Waals surface area contributed by atoms with E-state index in [-0.39, 0.29) is 0 Å². The fraction of sp³-hybridized carbons (Fsp3) is 0.833. The summed E-state index contributed by atoms with van der Waals surface area (Å²) < 4.78 is 0. The minimum atomic E-state index is -2.17. The molecule has 0 saturated heterocycles. The molecule has 13 heavy (non-hydrogen) atoms. The maximum atomic E-state index is 10.1. The van der Waals surface area contributed by atoms with Crippen LogP contribution in [0, 0.1) is 5.92 Å². The van der Waals surface area contributed by atoms with Gasteiger partial charge in [0.1, 0.15) is 6.04 Å². The molecule has 0 amide bonds. The van der Waals surface area contributed by atoms with Crippen LogP contribution in [0.4, 0.5) is 0 Å². The molecule has 0 radical (unpaired) electrons. The Bertz CT molecular complexity index is 138. The molecule has 7 heteroatoms. The van der Waals surface area contributed by atoms with E-state index in [1.807, 2.05) is 13.8 Å². The van der Waals surface area contributed by atoms with E-state index in [1.54, 1.807) is 0 Å². The van der Waals surface area contributed by atoms with Gasteiger partial charge in [0.05, 0.1) is 0 Å². The number of rotatable bonds is 3. The van der Waals surface area contributed by atoms with Crippen LogP contribution in [0.5, 0.6) is 0 Å². The van der Waals surface area contributed by atoms with Crippen LogP contribution in [0.3, 0.4) is 0 Å². The van der Waals surface area contributed by atoms with Crippen LogP contribution in [0.25, 0.3) is 0 Å². The summed E-state index contributed by atoms with van der Waals surface area (Å²) in [4.78, 5) is 10.1. The summed E-state index contributed by atoms with van der Waals surface area (Å²) in [5.41, 5.74) is 5.22. The van der Waals surface area contributed by atoms with E-state index in [2.05, 4.69) is 0 Å².